The Hall–Kier alpha value is -1.59. The third-order valence-corrected chi connectivity index (χ3v) is 6.63. The number of carbonyl (C=O) groups is 1. The molecule has 0 unspecified atom stereocenters. The number of nitrogens with zero attached hydrogens (tertiary/aromatic N) is 3. The first kappa shape index (κ1) is 17.8. The predicted molar refractivity (Wildman–Crippen MR) is 104 cm³/mol. The van der Waals surface area contributed by atoms with Crippen molar-refractivity contribution in [3.05, 3.63) is 34.9 Å². The number of rotatable bonds is 3. The molecule has 4 heterocycles. The summed E-state index contributed by atoms with van der Waals surface area (Å²) in [6.45, 7) is 12.4. The highest BCUT2D eigenvalue weighted by Gasteiger charge is 2.38. The molecule has 1 N–H and O–H groups in total. The second-order valence-electron chi connectivity index (χ2n) is 8.32. The summed E-state index contributed by atoms with van der Waals surface area (Å²) in [5.74, 6) is 0.879. The van der Waals surface area contributed by atoms with Crippen LogP contribution in [0.1, 0.15) is 29.5 Å². The van der Waals surface area contributed by atoms with E-state index in [1.165, 1.54) is 49.2 Å². The molecule has 0 spiro atoms. The average Bonchev–Trinajstić information content (AvgIpc) is 2.69. The number of carbonyl (C=O) groups excluding carboxylic acids is 1. The first-order valence-corrected chi connectivity index (χ1v) is 10.2. The molecule has 0 radical (unpaired) electrons. The minimum absolute atomic E-state index is 0.0828. The van der Waals surface area contributed by atoms with Crippen molar-refractivity contribution in [2.24, 2.45) is 5.92 Å². The number of piperazine rings is 1. The normalized spacial score (nSPS) is 29.0. The number of nitrogens with one attached hydrogen (secondary N) is 1. The lowest BCUT2D eigenvalue weighted by molar-refractivity contribution is -0.0103. The Bertz CT molecular complexity index is 645. The highest BCUT2D eigenvalue weighted by atomic mass is 16.2. The molecule has 0 aromatic heterocycles. The summed E-state index contributed by atoms with van der Waals surface area (Å²) >= 11 is 0. The summed E-state index contributed by atoms with van der Waals surface area (Å²) in [5.41, 5.74) is 3.69. The number of hydrogen-bond acceptors (Lipinski definition) is 3. The lowest BCUT2D eigenvalue weighted by atomic mass is 9.83. The fourth-order valence-corrected chi connectivity index (χ4v) is 4.88. The van der Waals surface area contributed by atoms with Crippen molar-refractivity contribution in [1.29, 1.82) is 0 Å². The molecule has 1 atom stereocenters. The van der Waals surface area contributed by atoms with Gasteiger partial charge in [0.2, 0.25) is 0 Å². The molecule has 4 aliphatic heterocycles. The highest BCUT2D eigenvalue weighted by molar-refractivity contribution is 5.74. The largest absolute Gasteiger partial charge is 0.334 e. The van der Waals surface area contributed by atoms with Crippen molar-refractivity contribution in [3.63, 3.8) is 0 Å². The molecule has 1 aromatic carbocycles. The zero-order valence-electron chi connectivity index (χ0n) is 16.2. The van der Waals surface area contributed by atoms with E-state index in [0.717, 1.165) is 38.1 Å². The molecule has 26 heavy (non-hydrogen) atoms. The molecule has 4 aliphatic rings. The quantitative estimate of drug-likeness (QED) is 0.903. The molecule has 5 rings (SSSR count). The monoisotopic (exact) mass is 356 g/mol. The van der Waals surface area contributed by atoms with E-state index in [1.807, 2.05) is 4.90 Å². The van der Waals surface area contributed by atoms with Crippen molar-refractivity contribution >= 4 is 6.03 Å². The van der Waals surface area contributed by atoms with E-state index in [4.69, 9.17) is 0 Å². The van der Waals surface area contributed by atoms with Crippen LogP contribution in [0.5, 0.6) is 0 Å². The van der Waals surface area contributed by atoms with Crippen LogP contribution in [-0.4, -0.2) is 72.6 Å². The Morgan fingerprint density at radius 1 is 1.08 bits per heavy atom. The van der Waals surface area contributed by atoms with Crippen LogP contribution in [-0.2, 0) is 6.54 Å². The zero-order chi connectivity index (χ0) is 18.1. The van der Waals surface area contributed by atoms with Gasteiger partial charge >= 0.3 is 6.03 Å². The third-order valence-electron chi connectivity index (χ3n) is 6.63. The summed E-state index contributed by atoms with van der Waals surface area (Å²) in [6, 6.07) is 7.22. The second-order valence-corrected chi connectivity index (χ2v) is 8.32. The van der Waals surface area contributed by atoms with Gasteiger partial charge in [-0.2, -0.15) is 0 Å². The molecular formula is C21H32N4O. The van der Waals surface area contributed by atoms with Crippen molar-refractivity contribution in [1.82, 2.24) is 20.0 Å². The number of aryl methyl sites for hydroxylation is 2. The number of hydrogen-bond donors (Lipinski definition) is 1. The second kappa shape index (κ2) is 7.57. The van der Waals surface area contributed by atoms with Gasteiger partial charge in [-0.1, -0.05) is 23.8 Å². The molecule has 0 saturated carbocycles. The minimum atomic E-state index is 0.0828. The molecule has 1 aromatic rings. The highest BCUT2D eigenvalue weighted by Crippen LogP contribution is 2.31. The zero-order valence-corrected chi connectivity index (χ0v) is 16.2. The maximum atomic E-state index is 12.6. The maximum Gasteiger partial charge on any atom is 0.317 e. The maximum absolute atomic E-state index is 12.6. The van der Waals surface area contributed by atoms with Gasteiger partial charge in [-0.3, -0.25) is 4.90 Å². The van der Waals surface area contributed by atoms with Crippen molar-refractivity contribution < 1.29 is 4.79 Å². The van der Waals surface area contributed by atoms with E-state index in [9.17, 15) is 4.79 Å². The van der Waals surface area contributed by atoms with E-state index >= 15 is 0 Å². The number of urea groups is 1. The number of piperidine rings is 3. The van der Waals surface area contributed by atoms with Crippen LogP contribution in [0.15, 0.2) is 18.2 Å². The standard InChI is InChI=1S/C21H32N4O/c1-16-3-4-17(2)19(13-16)14-22-21(26)25-11-9-24(10-12-25)20-15-23-7-5-18(20)6-8-23/h3-4,13,18,20H,5-12,14-15H2,1-2H3,(H,22,26)/t20-/m0/s1. The van der Waals surface area contributed by atoms with Crippen LogP contribution in [0.2, 0.25) is 0 Å². The number of benzene rings is 1. The molecule has 2 bridgehead atoms. The van der Waals surface area contributed by atoms with E-state index in [-0.39, 0.29) is 6.03 Å². The Balaban J connectivity index is 1.26. The summed E-state index contributed by atoms with van der Waals surface area (Å²) in [5, 5.41) is 3.12. The Morgan fingerprint density at radius 2 is 1.81 bits per heavy atom. The number of fused-ring (bicyclic) bond motifs is 3. The fourth-order valence-electron chi connectivity index (χ4n) is 4.88. The molecule has 5 nitrogen and oxygen atoms in total. The van der Waals surface area contributed by atoms with Crippen LogP contribution < -0.4 is 5.32 Å². The van der Waals surface area contributed by atoms with E-state index in [2.05, 4.69) is 47.2 Å². The third kappa shape index (κ3) is 3.74. The van der Waals surface area contributed by atoms with Gasteiger partial charge in [0.05, 0.1) is 0 Å². The van der Waals surface area contributed by atoms with E-state index in [0.29, 0.717) is 6.54 Å². The minimum Gasteiger partial charge on any atom is -0.334 e. The summed E-state index contributed by atoms with van der Waals surface area (Å²) in [4.78, 5) is 19.8. The van der Waals surface area contributed by atoms with Gasteiger partial charge in [0.1, 0.15) is 0 Å². The topological polar surface area (TPSA) is 38.8 Å². The van der Waals surface area contributed by atoms with Crippen molar-refractivity contribution in [2.45, 2.75) is 39.3 Å². The molecule has 4 saturated heterocycles. The van der Waals surface area contributed by atoms with Crippen molar-refractivity contribution in [3.8, 4) is 0 Å². The summed E-state index contributed by atoms with van der Waals surface area (Å²) in [7, 11) is 0. The molecular weight excluding hydrogens is 324 g/mol. The smallest absolute Gasteiger partial charge is 0.317 e. The Labute approximate surface area is 157 Å². The summed E-state index contributed by atoms with van der Waals surface area (Å²) in [6.07, 6.45) is 2.72. The number of amides is 2. The van der Waals surface area contributed by atoms with E-state index in [1.54, 1.807) is 0 Å². The predicted octanol–water partition coefficient (Wildman–Crippen LogP) is 2.22. The molecule has 142 valence electrons. The van der Waals surface area contributed by atoms with Gasteiger partial charge in [0.15, 0.2) is 0 Å². The van der Waals surface area contributed by atoms with Crippen LogP contribution >= 0.6 is 0 Å². The van der Waals surface area contributed by atoms with Crippen LogP contribution in [0.4, 0.5) is 4.79 Å². The SMILES string of the molecule is Cc1ccc(C)c(CNC(=O)N2CCN([C@H]3CN4CCC3CC4)CC2)c1. The van der Waals surface area contributed by atoms with Crippen LogP contribution in [0.3, 0.4) is 0 Å². The van der Waals surface area contributed by atoms with Gasteiger partial charge < -0.3 is 15.1 Å². The van der Waals surface area contributed by atoms with Gasteiger partial charge in [0, 0.05) is 45.3 Å². The van der Waals surface area contributed by atoms with Gasteiger partial charge in [-0.25, -0.2) is 4.79 Å². The van der Waals surface area contributed by atoms with E-state index < -0.39 is 0 Å². The Morgan fingerprint density at radius 3 is 2.46 bits per heavy atom. The molecule has 4 fully saturated rings. The molecule has 2 amide bonds. The Kier molecular flexibility index (Phi) is 5.18. The van der Waals surface area contributed by atoms with Crippen molar-refractivity contribution in [2.75, 3.05) is 45.8 Å². The molecule has 0 aliphatic carbocycles. The molecule has 5 heteroatoms. The fraction of sp³-hybridized carbons (Fsp3) is 0.667. The van der Waals surface area contributed by atoms with Gasteiger partial charge in [-0.15, -0.1) is 0 Å². The van der Waals surface area contributed by atoms with Gasteiger partial charge in [0.25, 0.3) is 0 Å². The van der Waals surface area contributed by atoms with Crippen LogP contribution in [0.25, 0.3) is 0 Å². The lowest BCUT2D eigenvalue weighted by Gasteiger charge is -2.50. The lowest BCUT2D eigenvalue weighted by Crippen LogP contribution is -2.62. The van der Waals surface area contributed by atoms with Gasteiger partial charge in [-0.05, 0) is 56.8 Å². The average molecular weight is 357 g/mol. The summed E-state index contributed by atoms with van der Waals surface area (Å²) < 4.78 is 0. The van der Waals surface area contributed by atoms with Crippen LogP contribution in [0, 0.1) is 19.8 Å². The first-order valence-electron chi connectivity index (χ1n) is 10.2. The first-order chi connectivity index (χ1) is 12.6.